The van der Waals surface area contributed by atoms with Gasteiger partial charge in [-0.25, -0.2) is 8.42 Å². The van der Waals surface area contributed by atoms with Crippen LogP contribution in [0.2, 0.25) is 10.0 Å². The fourth-order valence-electron chi connectivity index (χ4n) is 4.12. The van der Waals surface area contributed by atoms with Crippen molar-refractivity contribution < 1.29 is 18.0 Å². The van der Waals surface area contributed by atoms with E-state index in [4.69, 9.17) is 23.2 Å². The topological polar surface area (TPSA) is 86.8 Å². The van der Waals surface area contributed by atoms with Crippen molar-refractivity contribution in [1.29, 1.82) is 0 Å². The molecule has 1 atom stereocenters. The van der Waals surface area contributed by atoms with Gasteiger partial charge in [0.25, 0.3) is 0 Å². The summed E-state index contributed by atoms with van der Waals surface area (Å²) in [5.41, 5.74) is 1.75. The summed E-state index contributed by atoms with van der Waals surface area (Å²) in [4.78, 5) is 29.0. The molecule has 0 heterocycles. The molecule has 2 amide bonds. The number of hydrogen-bond acceptors (Lipinski definition) is 4. The Morgan fingerprint density at radius 2 is 1.64 bits per heavy atom. The van der Waals surface area contributed by atoms with Gasteiger partial charge in [0.05, 0.1) is 11.9 Å². The molecule has 7 nitrogen and oxygen atoms in total. The van der Waals surface area contributed by atoms with E-state index in [9.17, 15) is 18.0 Å². The highest BCUT2D eigenvalue weighted by Gasteiger charge is 2.33. The molecule has 3 aromatic rings. The Hall–Kier alpha value is -3.07. The van der Waals surface area contributed by atoms with E-state index < -0.39 is 28.5 Å². The first kappa shape index (κ1) is 30.5. The summed E-state index contributed by atoms with van der Waals surface area (Å²) in [5.74, 6) is -0.867. The third-order valence-corrected chi connectivity index (χ3v) is 7.92. The number of anilines is 1. The molecular weight excluding hydrogens is 557 g/mol. The van der Waals surface area contributed by atoms with Crippen LogP contribution in [0.25, 0.3) is 0 Å². The van der Waals surface area contributed by atoms with Crippen molar-refractivity contribution in [2.45, 2.75) is 38.8 Å². The number of halogens is 2. The summed E-state index contributed by atoms with van der Waals surface area (Å²) in [6, 6.07) is 21.8. The Labute approximate surface area is 240 Å². The average Bonchev–Trinajstić information content (AvgIpc) is 2.90. The molecule has 0 radical (unpaired) electrons. The number of amides is 2. The van der Waals surface area contributed by atoms with E-state index in [0.29, 0.717) is 22.2 Å². The highest BCUT2D eigenvalue weighted by atomic mass is 35.5. The minimum absolute atomic E-state index is 0.0182. The Bertz CT molecular complexity index is 1370. The lowest BCUT2D eigenvalue weighted by molar-refractivity contribution is -0.140. The molecule has 1 N–H and O–H groups in total. The van der Waals surface area contributed by atoms with Crippen molar-refractivity contribution in [2.24, 2.45) is 0 Å². The van der Waals surface area contributed by atoms with Crippen LogP contribution < -0.4 is 9.62 Å². The molecule has 208 valence electrons. The van der Waals surface area contributed by atoms with E-state index >= 15 is 0 Å². The number of nitrogens with one attached hydrogen (secondary N) is 1. The Morgan fingerprint density at radius 3 is 2.28 bits per heavy atom. The van der Waals surface area contributed by atoms with Crippen molar-refractivity contribution in [3.05, 3.63) is 100 Å². The molecule has 0 bridgehead atoms. The third kappa shape index (κ3) is 8.98. The maximum atomic E-state index is 14.0. The van der Waals surface area contributed by atoms with E-state index in [1.54, 1.807) is 42.5 Å². The van der Waals surface area contributed by atoms with Gasteiger partial charge in [-0.3, -0.25) is 13.9 Å². The third-order valence-electron chi connectivity index (χ3n) is 6.17. The van der Waals surface area contributed by atoms with Crippen molar-refractivity contribution in [2.75, 3.05) is 23.7 Å². The lowest BCUT2D eigenvalue weighted by atomic mass is 10.0. The molecule has 0 spiro atoms. The first-order chi connectivity index (χ1) is 18.6. The summed E-state index contributed by atoms with van der Waals surface area (Å²) in [5, 5.41) is 3.72. The standard InChI is InChI=1S/C29H33Cl2N3O4S/c1-3-4-17-32-29(36)27(18-22-11-6-5-7-12-22)33(20-23-13-8-9-16-26(23)31)28(35)21-34(39(2,37)38)25-15-10-14-24(30)19-25/h5-16,19,27H,3-4,17-18,20-21H2,1-2H3,(H,32,36)/t27-/m1/s1. The van der Waals surface area contributed by atoms with E-state index in [2.05, 4.69) is 5.32 Å². The molecule has 0 aromatic heterocycles. The van der Waals surface area contributed by atoms with Gasteiger partial charge in [-0.2, -0.15) is 0 Å². The van der Waals surface area contributed by atoms with E-state index in [0.717, 1.165) is 29.0 Å². The molecule has 10 heteroatoms. The molecule has 0 aliphatic rings. The second-order valence-electron chi connectivity index (χ2n) is 9.21. The first-order valence-corrected chi connectivity index (χ1v) is 15.3. The second kappa shape index (κ2) is 14.4. The van der Waals surface area contributed by atoms with Crippen LogP contribution in [0.3, 0.4) is 0 Å². The largest absolute Gasteiger partial charge is 0.354 e. The molecule has 0 unspecified atom stereocenters. The van der Waals surface area contributed by atoms with Gasteiger partial charge in [-0.05, 0) is 41.8 Å². The van der Waals surface area contributed by atoms with Gasteiger partial charge in [0.1, 0.15) is 12.6 Å². The summed E-state index contributed by atoms with van der Waals surface area (Å²) in [6.45, 7) is 1.99. The highest BCUT2D eigenvalue weighted by Crippen LogP contribution is 2.24. The number of benzene rings is 3. The van der Waals surface area contributed by atoms with Gasteiger partial charge in [-0.15, -0.1) is 0 Å². The number of sulfonamides is 1. The number of nitrogens with zero attached hydrogens (tertiary/aromatic N) is 2. The molecule has 39 heavy (non-hydrogen) atoms. The maximum Gasteiger partial charge on any atom is 0.244 e. The predicted molar refractivity (Wildman–Crippen MR) is 157 cm³/mol. The van der Waals surface area contributed by atoms with Gasteiger partial charge in [-0.1, -0.05) is 91.1 Å². The van der Waals surface area contributed by atoms with Crippen molar-refractivity contribution in [1.82, 2.24) is 10.2 Å². The minimum atomic E-state index is -3.87. The molecule has 0 saturated carbocycles. The molecule has 0 saturated heterocycles. The van der Waals surface area contributed by atoms with Crippen molar-refractivity contribution in [3.63, 3.8) is 0 Å². The lowest BCUT2D eigenvalue weighted by Gasteiger charge is -2.33. The Morgan fingerprint density at radius 1 is 0.949 bits per heavy atom. The fourth-order valence-corrected chi connectivity index (χ4v) is 5.34. The van der Waals surface area contributed by atoms with Gasteiger partial charge >= 0.3 is 0 Å². The maximum absolute atomic E-state index is 14.0. The SMILES string of the molecule is CCCCNC(=O)[C@@H](Cc1ccccc1)N(Cc1ccccc1Cl)C(=O)CN(c1cccc(Cl)c1)S(C)(=O)=O. The molecule has 0 aliphatic carbocycles. The number of carbonyl (C=O) groups excluding carboxylic acids is 2. The summed E-state index contributed by atoms with van der Waals surface area (Å²) in [7, 11) is -3.87. The van der Waals surface area contributed by atoms with Crippen LogP contribution in [0.4, 0.5) is 5.69 Å². The molecule has 3 rings (SSSR count). The summed E-state index contributed by atoms with van der Waals surface area (Å²) >= 11 is 12.6. The van der Waals surface area contributed by atoms with Gasteiger partial charge in [0, 0.05) is 29.6 Å². The van der Waals surface area contributed by atoms with Crippen LogP contribution in [0, 0.1) is 0 Å². The van der Waals surface area contributed by atoms with Gasteiger partial charge in [0.15, 0.2) is 0 Å². The minimum Gasteiger partial charge on any atom is -0.354 e. The smallest absolute Gasteiger partial charge is 0.244 e. The van der Waals surface area contributed by atoms with E-state index in [1.165, 1.54) is 11.0 Å². The summed E-state index contributed by atoms with van der Waals surface area (Å²) < 4.78 is 26.6. The summed E-state index contributed by atoms with van der Waals surface area (Å²) in [6.07, 6.45) is 2.96. The number of unbranched alkanes of at least 4 members (excludes halogenated alkanes) is 1. The number of hydrogen-bond donors (Lipinski definition) is 1. The van der Waals surface area contributed by atoms with Crippen LogP contribution >= 0.6 is 23.2 Å². The molecular formula is C29H33Cl2N3O4S. The first-order valence-electron chi connectivity index (χ1n) is 12.7. The zero-order valence-electron chi connectivity index (χ0n) is 22.0. The van der Waals surface area contributed by atoms with Crippen LogP contribution in [-0.4, -0.2) is 50.5 Å². The van der Waals surface area contributed by atoms with Crippen molar-refractivity contribution in [3.8, 4) is 0 Å². The van der Waals surface area contributed by atoms with Crippen LogP contribution in [0.1, 0.15) is 30.9 Å². The highest BCUT2D eigenvalue weighted by molar-refractivity contribution is 7.92. The average molecular weight is 591 g/mol. The normalized spacial score (nSPS) is 12.0. The second-order valence-corrected chi connectivity index (χ2v) is 12.0. The number of carbonyl (C=O) groups is 2. The Balaban J connectivity index is 2.04. The Kier molecular flexibility index (Phi) is 11.2. The van der Waals surface area contributed by atoms with E-state index in [1.807, 2.05) is 37.3 Å². The van der Waals surface area contributed by atoms with Crippen LogP contribution in [0.5, 0.6) is 0 Å². The fraction of sp³-hybridized carbons (Fsp3) is 0.310. The molecule has 0 aliphatic heterocycles. The lowest BCUT2D eigenvalue weighted by Crippen LogP contribution is -2.53. The zero-order valence-corrected chi connectivity index (χ0v) is 24.3. The monoisotopic (exact) mass is 589 g/mol. The quantitative estimate of drug-likeness (QED) is 0.273. The number of rotatable bonds is 13. The molecule has 0 fully saturated rings. The van der Waals surface area contributed by atoms with Crippen LogP contribution in [-0.2, 0) is 32.6 Å². The zero-order chi connectivity index (χ0) is 28.4. The van der Waals surface area contributed by atoms with Crippen LogP contribution in [0.15, 0.2) is 78.9 Å². The van der Waals surface area contributed by atoms with Gasteiger partial charge < -0.3 is 10.2 Å². The molecule has 3 aromatic carbocycles. The van der Waals surface area contributed by atoms with Gasteiger partial charge in [0.2, 0.25) is 21.8 Å². The van der Waals surface area contributed by atoms with Crippen molar-refractivity contribution >= 4 is 50.7 Å². The van der Waals surface area contributed by atoms with E-state index in [-0.39, 0.29) is 24.6 Å². The predicted octanol–water partition coefficient (Wildman–Crippen LogP) is 5.32.